The molecule has 0 saturated heterocycles. The Balaban J connectivity index is 2.13. The van der Waals surface area contributed by atoms with Gasteiger partial charge in [0.05, 0.1) is 23.7 Å². The zero-order valence-electron chi connectivity index (χ0n) is 13.8. The van der Waals surface area contributed by atoms with E-state index in [1.807, 2.05) is 6.92 Å². The molecular formula is C17H20FN3O3. The molecule has 0 aliphatic heterocycles. The van der Waals surface area contributed by atoms with Gasteiger partial charge in [0.25, 0.3) is 0 Å². The molecule has 0 bridgehead atoms. The largest absolute Gasteiger partial charge is 0.481 e. The number of carbonyl (C=O) groups excluding carboxylic acids is 1. The Bertz CT molecular complexity index is 753. The average Bonchev–Trinajstić information content (AvgIpc) is 2.81. The zero-order valence-corrected chi connectivity index (χ0v) is 13.8. The van der Waals surface area contributed by atoms with Crippen LogP contribution in [0.2, 0.25) is 0 Å². The van der Waals surface area contributed by atoms with Gasteiger partial charge in [-0.3, -0.25) is 9.59 Å². The average molecular weight is 333 g/mol. The summed E-state index contributed by atoms with van der Waals surface area (Å²) >= 11 is 0. The van der Waals surface area contributed by atoms with Crippen LogP contribution in [0.15, 0.2) is 24.3 Å². The van der Waals surface area contributed by atoms with E-state index >= 15 is 0 Å². The Kier molecular flexibility index (Phi) is 5.33. The highest BCUT2D eigenvalue weighted by Gasteiger charge is 2.17. The molecule has 1 aromatic carbocycles. The van der Waals surface area contributed by atoms with Crippen molar-refractivity contribution >= 4 is 11.9 Å². The Morgan fingerprint density at radius 3 is 2.50 bits per heavy atom. The number of halogens is 1. The summed E-state index contributed by atoms with van der Waals surface area (Å²) in [7, 11) is 0. The molecule has 1 unspecified atom stereocenters. The zero-order chi connectivity index (χ0) is 17.9. The number of hydrogen-bond acceptors (Lipinski definition) is 3. The molecule has 2 N–H and O–H groups in total. The maximum atomic E-state index is 13.0. The SMILES string of the molecule is Cc1nn(-c2ccc(F)cc2)c(C)c1CC(=O)NCC(C)C(=O)O. The van der Waals surface area contributed by atoms with Gasteiger partial charge in [0.15, 0.2) is 0 Å². The van der Waals surface area contributed by atoms with Gasteiger partial charge in [-0.2, -0.15) is 5.10 Å². The third-order valence-corrected chi connectivity index (χ3v) is 3.88. The summed E-state index contributed by atoms with van der Waals surface area (Å²) in [5.74, 6) is -2.18. The molecule has 0 aliphatic rings. The normalized spacial score (nSPS) is 12.0. The number of amides is 1. The fourth-order valence-electron chi connectivity index (χ4n) is 2.34. The van der Waals surface area contributed by atoms with Crippen LogP contribution in [0.4, 0.5) is 4.39 Å². The monoisotopic (exact) mass is 333 g/mol. The predicted octanol–water partition coefficient (Wildman–Crippen LogP) is 2.01. The van der Waals surface area contributed by atoms with Crippen molar-refractivity contribution in [2.24, 2.45) is 5.92 Å². The van der Waals surface area contributed by atoms with Gasteiger partial charge < -0.3 is 10.4 Å². The van der Waals surface area contributed by atoms with Crippen LogP contribution >= 0.6 is 0 Å². The molecular weight excluding hydrogens is 313 g/mol. The van der Waals surface area contributed by atoms with Crippen LogP contribution in [0.5, 0.6) is 0 Å². The number of aromatic nitrogens is 2. The number of carboxylic acid groups (broad SMARTS) is 1. The fraction of sp³-hybridized carbons (Fsp3) is 0.353. The molecule has 1 heterocycles. The molecule has 0 fully saturated rings. The van der Waals surface area contributed by atoms with Crippen molar-refractivity contribution in [1.82, 2.24) is 15.1 Å². The van der Waals surface area contributed by atoms with Crippen molar-refractivity contribution in [1.29, 1.82) is 0 Å². The molecule has 1 amide bonds. The van der Waals surface area contributed by atoms with E-state index in [9.17, 15) is 14.0 Å². The predicted molar refractivity (Wildman–Crippen MR) is 86.5 cm³/mol. The number of carbonyl (C=O) groups is 2. The molecule has 6 nitrogen and oxygen atoms in total. The number of rotatable bonds is 6. The van der Waals surface area contributed by atoms with Gasteiger partial charge in [-0.15, -0.1) is 0 Å². The summed E-state index contributed by atoms with van der Waals surface area (Å²) in [6, 6.07) is 5.94. The molecule has 1 atom stereocenters. The highest BCUT2D eigenvalue weighted by atomic mass is 19.1. The number of nitrogens with zero attached hydrogens (tertiary/aromatic N) is 2. The van der Waals surface area contributed by atoms with E-state index in [0.717, 1.165) is 11.3 Å². The first-order chi connectivity index (χ1) is 11.3. The van der Waals surface area contributed by atoms with Gasteiger partial charge in [-0.1, -0.05) is 6.92 Å². The number of hydrogen-bond donors (Lipinski definition) is 2. The van der Waals surface area contributed by atoms with E-state index in [2.05, 4.69) is 10.4 Å². The van der Waals surface area contributed by atoms with Gasteiger partial charge in [0.1, 0.15) is 5.82 Å². The van der Waals surface area contributed by atoms with Crippen LogP contribution in [0.1, 0.15) is 23.9 Å². The molecule has 24 heavy (non-hydrogen) atoms. The van der Waals surface area contributed by atoms with E-state index in [4.69, 9.17) is 5.11 Å². The third-order valence-electron chi connectivity index (χ3n) is 3.88. The van der Waals surface area contributed by atoms with E-state index in [0.29, 0.717) is 11.4 Å². The van der Waals surface area contributed by atoms with Crippen LogP contribution < -0.4 is 5.32 Å². The van der Waals surface area contributed by atoms with Gasteiger partial charge >= 0.3 is 5.97 Å². The van der Waals surface area contributed by atoms with E-state index in [1.165, 1.54) is 19.1 Å². The third kappa shape index (κ3) is 3.98. The molecule has 2 rings (SSSR count). The highest BCUT2D eigenvalue weighted by Crippen LogP contribution is 2.18. The van der Waals surface area contributed by atoms with Gasteiger partial charge in [-0.05, 0) is 38.1 Å². The fourth-order valence-corrected chi connectivity index (χ4v) is 2.34. The maximum absolute atomic E-state index is 13.0. The lowest BCUT2D eigenvalue weighted by molar-refractivity contribution is -0.141. The van der Waals surface area contributed by atoms with Crippen molar-refractivity contribution in [2.45, 2.75) is 27.2 Å². The van der Waals surface area contributed by atoms with E-state index in [-0.39, 0.29) is 24.7 Å². The second-order valence-electron chi connectivity index (χ2n) is 5.76. The summed E-state index contributed by atoms with van der Waals surface area (Å²) in [6.45, 7) is 5.26. The Morgan fingerprint density at radius 2 is 1.92 bits per heavy atom. The lowest BCUT2D eigenvalue weighted by atomic mass is 10.1. The van der Waals surface area contributed by atoms with Crippen molar-refractivity contribution < 1.29 is 19.1 Å². The summed E-state index contributed by atoms with van der Waals surface area (Å²) in [4.78, 5) is 22.8. The quantitative estimate of drug-likeness (QED) is 0.847. The van der Waals surface area contributed by atoms with E-state index < -0.39 is 11.9 Å². The van der Waals surface area contributed by atoms with Crippen LogP contribution in [0, 0.1) is 25.6 Å². The first-order valence-electron chi connectivity index (χ1n) is 7.60. The topological polar surface area (TPSA) is 84.2 Å². The number of nitrogens with one attached hydrogen (secondary N) is 1. The van der Waals surface area contributed by atoms with Crippen molar-refractivity contribution in [3.05, 3.63) is 47.0 Å². The first-order valence-corrected chi connectivity index (χ1v) is 7.60. The minimum atomic E-state index is -0.952. The van der Waals surface area contributed by atoms with Gasteiger partial charge in [0.2, 0.25) is 5.91 Å². The van der Waals surface area contributed by atoms with Crippen molar-refractivity contribution in [3.8, 4) is 5.69 Å². The van der Waals surface area contributed by atoms with Crippen LogP contribution in [-0.4, -0.2) is 33.3 Å². The van der Waals surface area contributed by atoms with Crippen LogP contribution in [0.25, 0.3) is 5.69 Å². The number of benzene rings is 1. The van der Waals surface area contributed by atoms with Crippen molar-refractivity contribution in [2.75, 3.05) is 6.54 Å². The Morgan fingerprint density at radius 1 is 1.29 bits per heavy atom. The smallest absolute Gasteiger partial charge is 0.308 e. The second kappa shape index (κ2) is 7.25. The summed E-state index contributed by atoms with van der Waals surface area (Å²) in [5, 5.41) is 15.9. The lowest BCUT2D eigenvalue weighted by Gasteiger charge is -2.09. The maximum Gasteiger partial charge on any atom is 0.308 e. The molecule has 0 aliphatic carbocycles. The van der Waals surface area contributed by atoms with Crippen LogP contribution in [0.3, 0.4) is 0 Å². The minimum Gasteiger partial charge on any atom is -0.481 e. The molecule has 0 saturated carbocycles. The number of aryl methyl sites for hydroxylation is 1. The molecule has 0 radical (unpaired) electrons. The van der Waals surface area contributed by atoms with Crippen LogP contribution in [-0.2, 0) is 16.0 Å². The standard InChI is InChI=1S/C17H20FN3O3/c1-10(17(23)24)9-19-16(22)8-15-11(2)20-21(12(15)3)14-6-4-13(18)5-7-14/h4-7,10H,8-9H2,1-3H3,(H,19,22)(H,23,24). The molecule has 128 valence electrons. The van der Waals surface area contributed by atoms with Gasteiger partial charge in [0, 0.05) is 17.8 Å². The molecule has 7 heteroatoms. The summed E-state index contributed by atoms with van der Waals surface area (Å²) in [5.41, 5.74) is 2.99. The minimum absolute atomic E-state index is 0.0817. The summed E-state index contributed by atoms with van der Waals surface area (Å²) < 4.78 is 14.7. The number of aliphatic carboxylic acids is 1. The van der Waals surface area contributed by atoms with E-state index in [1.54, 1.807) is 23.7 Å². The molecule has 0 spiro atoms. The summed E-state index contributed by atoms with van der Waals surface area (Å²) in [6.07, 6.45) is 0.116. The second-order valence-corrected chi connectivity index (χ2v) is 5.76. The lowest BCUT2D eigenvalue weighted by Crippen LogP contribution is -2.32. The van der Waals surface area contributed by atoms with Crippen molar-refractivity contribution in [3.63, 3.8) is 0 Å². The highest BCUT2D eigenvalue weighted by molar-refractivity contribution is 5.80. The first kappa shape index (κ1) is 17.7. The molecule has 2 aromatic rings. The molecule has 1 aromatic heterocycles. The Labute approximate surface area is 139 Å². The number of carboxylic acids is 1. The Hall–Kier alpha value is -2.70. The van der Waals surface area contributed by atoms with Gasteiger partial charge in [-0.25, -0.2) is 9.07 Å².